The zero-order chi connectivity index (χ0) is 25.5. The van der Waals surface area contributed by atoms with E-state index in [-0.39, 0.29) is 23.0 Å². The molecule has 1 aliphatic rings. The maximum absolute atomic E-state index is 15.0. The predicted molar refractivity (Wildman–Crippen MR) is 139 cm³/mol. The van der Waals surface area contributed by atoms with Gasteiger partial charge in [-0.15, -0.1) is 0 Å². The molecule has 2 atom stereocenters. The first-order chi connectivity index (χ1) is 17.5. The normalized spacial score (nSPS) is 17.8. The van der Waals surface area contributed by atoms with Crippen molar-refractivity contribution in [2.75, 3.05) is 13.2 Å². The van der Waals surface area contributed by atoms with Gasteiger partial charge in [-0.3, -0.25) is 0 Å². The summed E-state index contributed by atoms with van der Waals surface area (Å²) in [5.41, 5.74) is 2.96. The van der Waals surface area contributed by atoms with E-state index in [9.17, 15) is 8.78 Å². The van der Waals surface area contributed by atoms with E-state index in [1.54, 1.807) is 30.3 Å². The van der Waals surface area contributed by atoms with Crippen LogP contribution in [0.2, 0.25) is 0 Å². The smallest absolute Gasteiger partial charge is 0.201 e. The number of ether oxygens (including phenoxy) is 2. The molecule has 0 spiro atoms. The van der Waals surface area contributed by atoms with Crippen LogP contribution in [0.1, 0.15) is 70.3 Å². The van der Waals surface area contributed by atoms with Crippen molar-refractivity contribution in [1.29, 1.82) is 0 Å². The molecule has 0 radical (unpaired) electrons. The molecule has 0 saturated carbocycles. The van der Waals surface area contributed by atoms with E-state index in [0.29, 0.717) is 30.4 Å². The van der Waals surface area contributed by atoms with E-state index in [1.165, 1.54) is 12.1 Å². The molecular formula is C31H35F3O2. The van der Waals surface area contributed by atoms with Gasteiger partial charge in [-0.05, 0) is 66.1 Å². The van der Waals surface area contributed by atoms with Crippen LogP contribution >= 0.6 is 0 Å². The molecule has 1 fully saturated rings. The minimum Gasteiger partial charge on any atom is -0.490 e. The lowest BCUT2D eigenvalue weighted by atomic mass is 9.89. The SMILES string of the molecule is CCCCCOc1ccc(-c2ccc(-c3ccc(C4CCC(CCC)OC4)c(F)c3)cc2)c(F)c1F. The molecule has 0 amide bonds. The summed E-state index contributed by atoms with van der Waals surface area (Å²) < 4.78 is 55.7. The van der Waals surface area contributed by atoms with Crippen molar-refractivity contribution < 1.29 is 22.6 Å². The Kier molecular flexibility index (Phi) is 9.08. The molecule has 0 aromatic heterocycles. The summed E-state index contributed by atoms with van der Waals surface area (Å²) in [6.45, 7) is 5.14. The van der Waals surface area contributed by atoms with E-state index in [2.05, 4.69) is 13.8 Å². The predicted octanol–water partition coefficient (Wildman–Crippen LogP) is 9.07. The van der Waals surface area contributed by atoms with Crippen molar-refractivity contribution in [1.82, 2.24) is 0 Å². The highest BCUT2D eigenvalue weighted by molar-refractivity contribution is 5.71. The second kappa shape index (κ2) is 12.4. The van der Waals surface area contributed by atoms with Crippen molar-refractivity contribution in [2.24, 2.45) is 0 Å². The van der Waals surface area contributed by atoms with Crippen LogP contribution in [-0.4, -0.2) is 19.3 Å². The van der Waals surface area contributed by atoms with Gasteiger partial charge in [-0.1, -0.05) is 69.5 Å². The fourth-order valence-corrected chi connectivity index (χ4v) is 4.88. The first-order valence-corrected chi connectivity index (χ1v) is 13.1. The number of hydrogen-bond donors (Lipinski definition) is 0. The van der Waals surface area contributed by atoms with Gasteiger partial charge in [0, 0.05) is 11.5 Å². The highest BCUT2D eigenvalue weighted by Gasteiger charge is 2.24. The summed E-state index contributed by atoms with van der Waals surface area (Å²) in [6, 6.07) is 15.4. The summed E-state index contributed by atoms with van der Waals surface area (Å²) in [4.78, 5) is 0. The van der Waals surface area contributed by atoms with Gasteiger partial charge in [0.25, 0.3) is 0 Å². The van der Waals surface area contributed by atoms with Gasteiger partial charge < -0.3 is 9.47 Å². The van der Waals surface area contributed by atoms with Crippen molar-refractivity contribution in [3.63, 3.8) is 0 Å². The summed E-state index contributed by atoms with van der Waals surface area (Å²) in [5.74, 6) is -2.13. The molecule has 0 N–H and O–H groups in total. The maximum atomic E-state index is 15.0. The Hall–Kier alpha value is -2.79. The first-order valence-electron chi connectivity index (χ1n) is 13.1. The van der Waals surface area contributed by atoms with E-state index < -0.39 is 11.6 Å². The Morgan fingerprint density at radius 3 is 2.22 bits per heavy atom. The molecular weight excluding hydrogens is 461 g/mol. The fourth-order valence-electron chi connectivity index (χ4n) is 4.88. The van der Waals surface area contributed by atoms with Crippen LogP contribution in [0.5, 0.6) is 5.75 Å². The summed E-state index contributed by atoms with van der Waals surface area (Å²) in [6.07, 6.45) is 7.15. The monoisotopic (exact) mass is 496 g/mol. The molecule has 1 aliphatic heterocycles. The third-order valence-electron chi connectivity index (χ3n) is 7.00. The topological polar surface area (TPSA) is 18.5 Å². The molecule has 1 heterocycles. The fraction of sp³-hybridized carbons (Fsp3) is 0.419. The number of hydrogen-bond acceptors (Lipinski definition) is 2. The molecule has 3 aromatic carbocycles. The largest absolute Gasteiger partial charge is 0.490 e. The molecule has 4 rings (SSSR count). The van der Waals surface area contributed by atoms with Gasteiger partial charge in [0.05, 0.1) is 19.3 Å². The van der Waals surface area contributed by atoms with Crippen LogP contribution in [0.25, 0.3) is 22.3 Å². The van der Waals surface area contributed by atoms with Crippen molar-refractivity contribution in [3.05, 3.63) is 77.6 Å². The number of halogens is 3. The molecule has 0 bridgehead atoms. The van der Waals surface area contributed by atoms with Crippen LogP contribution in [0.4, 0.5) is 13.2 Å². The average molecular weight is 497 g/mol. The van der Waals surface area contributed by atoms with Crippen molar-refractivity contribution >= 4 is 0 Å². The Morgan fingerprint density at radius 2 is 1.56 bits per heavy atom. The lowest BCUT2D eigenvalue weighted by molar-refractivity contribution is -0.00172. The summed E-state index contributed by atoms with van der Waals surface area (Å²) >= 11 is 0. The molecule has 192 valence electrons. The second-order valence-corrected chi connectivity index (χ2v) is 9.63. The molecule has 1 saturated heterocycles. The third kappa shape index (κ3) is 6.12. The van der Waals surface area contributed by atoms with E-state index in [4.69, 9.17) is 9.47 Å². The van der Waals surface area contributed by atoms with Crippen molar-refractivity contribution in [2.45, 2.75) is 70.8 Å². The minimum atomic E-state index is -0.974. The number of benzene rings is 3. The Bertz CT molecular complexity index is 1140. The van der Waals surface area contributed by atoms with E-state index in [1.807, 2.05) is 12.1 Å². The first kappa shape index (κ1) is 26.3. The third-order valence-corrected chi connectivity index (χ3v) is 7.00. The highest BCUT2D eigenvalue weighted by Crippen LogP contribution is 2.34. The average Bonchev–Trinajstić information content (AvgIpc) is 2.90. The molecule has 36 heavy (non-hydrogen) atoms. The van der Waals surface area contributed by atoms with Crippen molar-refractivity contribution in [3.8, 4) is 28.0 Å². The van der Waals surface area contributed by atoms with Crippen LogP contribution in [0.3, 0.4) is 0 Å². The van der Waals surface area contributed by atoms with Gasteiger partial charge in [-0.25, -0.2) is 8.78 Å². The van der Waals surface area contributed by atoms with Gasteiger partial charge in [0.15, 0.2) is 11.6 Å². The Morgan fingerprint density at radius 1 is 0.806 bits per heavy atom. The Balaban J connectivity index is 1.45. The van der Waals surface area contributed by atoms with E-state index in [0.717, 1.165) is 56.1 Å². The quantitative estimate of drug-likeness (QED) is 0.261. The van der Waals surface area contributed by atoms with Crippen LogP contribution < -0.4 is 4.74 Å². The summed E-state index contributed by atoms with van der Waals surface area (Å²) in [5, 5.41) is 0. The second-order valence-electron chi connectivity index (χ2n) is 9.63. The van der Waals surface area contributed by atoms with Gasteiger partial charge in [0.1, 0.15) is 5.82 Å². The number of unbranched alkanes of at least 4 members (excludes halogenated alkanes) is 2. The highest BCUT2D eigenvalue weighted by atomic mass is 19.2. The minimum absolute atomic E-state index is 0.0659. The molecule has 0 aliphatic carbocycles. The summed E-state index contributed by atoms with van der Waals surface area (Å²) in [7, 11) is 0. The van der Waals surface area contributed by atoms with Gasteiger partial charge in [-0.2, -0.15) is 4.39 Å². The zero-order valence-corrected chi connectivity index (χ0v) is 21.2. The standard InChI is InChI=1S/C31H35F3O2/c1-3-5-6-18-35-29-17-16-27(30(33)31(29)34)22-10-8-21(9-11-22)23-13-15-26(28(32)19-23)24-12-14-25(7-4-2)36-20-24/h8-11,13,15-17,19,24-25H,3-7,12,14,18,20H2,1-2H3. The maximum Gasteiger partial charge on any atom is 0.201 e. The molecule has 2 nitrogen and oxygen atoms in total. The lowest BCUT2D eigenvalue weighted by Gasteiger charge is -2.29. The Labute approximate surface area is 212 Å². The molecule has 5 heteroatoms. The zero-order valence-electron chi connectivity index (χ0n) is 21.2. The van der Waals surface area contributed by atoms with Crippen LogP contribution in [0, 0.1) is 17.5 Å². The van der Waals surface area contributed by atoms with Crippen LogP contribution in [-0.2, 0) is 4.74 Å². The van der Waals surface area contributed by atoms with Crippen LogP contribution in [0.15, 0.2) is 54.6 Å². The molecule has 2 unspecified atom stereocenters. The van der Waals surface area contributed by atoms with E-state index >= 15 is 4.39 Å². The lowest BCUT2D eigenvalue weighted by Crippen LogP contribution is -2.25. The molecule has 3 aromatic rings. The van der Waals surface area contributed by atoms with Gasteiger partial charge in [0.2, 0.25) is 5.82 Å². The van der Waals surface area contributed by atoms with Gasteiger partial charge >= 0.3 is 0 Å². The number of rotatable bonds is 10.